The topological polar surface area (TPSA) is 123 Å². The number of esters is 1. The zero-order valence-electron chi connectivity index (χ0n) is 16.4. The van der Waals surface area contributed by atoms with Gasteiger partial charge < -0.3 is 25.4 Å². The van der Waals surface area contributed by atoms with Gasteiger partial charge in [0.05, 0.1) is 12.2 Å². The van der Waals surface area contributed by atoms with Crippen molar-refractivity contribution in [2.45, 2.75) is 12.8 Å². The molecule has 1 heterocycles. The van der Waals surface area contributed by atoms with Crippen molar-refractivity contribution in [1.29, 1.82) is 0 Å². The van der Waals surface area contributed by atoms with E-state index in [0.717, 1.165) is 11.3 Å². The monoisotopic (exact) mass is 489 g/mol. The fourth-order valence-electron chi connectivity index (χ4n) is 2.77. The number of hydrogen-bond donors (Lipinski definition) is 3. The van der Waals surface area contributed by atoms with Gasteiger partial charge in [-0.15, -0.1) is 0 Å². The van der Waals surface area contributed by atoms with Crippen molar-refractivity contribution in [3.63, 3.8) is 0 Å². The normalized spacial score (nSPS) is 12.2. The SMILES string of the molecule is O=C(COC(=O)COc1ccc2c(c1)CCC(=O)N2)NCC(=O)Nc1ccccc1Br. The van der Waals surface area contributed by atoms with E-state index in [4.69, 9.17) is 9.47 Å². The predicted molar refractivity (Wildman–Crippen MR) is 116 cm³/mol. The first-order valence-electron chi connectivity index (χ1n) is 9.43. The van der Waals surface area contributed by atoms with Gasteiger partial charge in [-0.1, -0.05) is 12.1 Å². The lowest BCUT2D eigenvalue weighted by Gasteiger charge is -2.17. The number of benzene rings is 2. The largest absolute Gasteiger partial charge is 0.482 e. The zero-order chi connectivity index (χ0) is 22.2. The fraction of sp³-hybridized carbons (Fsp3) is 0.238. The number of nitrogens with one attached hydrogen (secondary N) is 3. The van der Waals surface area contributed by atoms with Crippen molar-refractivity contribution >= 4 is 51.0 Å². The maximum Gasteiger partial charge on any atom is 0.344 e. The molecule has 2 aromatic carbocycles. The molecule has 0 radical (unpaired) electrons. The molecule has 3 amide bonds. The lowest BCUT2D eigenvalue weighted by Crippen LogP contribution is -2.36. The van der Waals surface area contributed by atoms with Crippen molar-refractivity contribution < 1.29 is 28.7 Å². The zero-order valence-corrected chi connectivity index (χ0v) is 18.0. The summed E-state index contributed by atoms with van der Waals surface area (Å²) in [6.07, 6.45) is 0.992. The number of ether oxygens (including phenoxy) is 2. The third-order valence-corrected chi connectivity index (χ3v) is 4.98. The third-order valence-electron chi connectivity index (χ3n) is 4.29. The minimum Gasteiger partial charge on any atom is -0.482 e. The highest BCUT2D eigenvalue weighted by Crippen LogP contribution is 2.26. The Morgan fingerprint density at radius 2 is 1.84 bits per heavy atom. The summed E-state index contributed by atoms with van der Waals surface area (Å²) in [5.41, 5.74) is 2.23. The highest BCUT2D eigenvalue weighted by molar-refractivity contribution is 9.10. The average molecular weight is 490 g/mol. The molecule has 0 saturated heterocycles. The van der Waals surface area contributed by atoms with Crippen LogP contribution in [0.3, 0.4) is 0 Å². The van der Waals surface area contributed by atoms with Crippen LogP contribution in [-0.4, -0.2) is 43.4 Å². The molecule has 162 valence electrons. The number of anilines is 2. The number of amides is 3. The van der Waals surface area contributed by atoms with Gasteiger partial charge in [-0.3, -0.25) is 14.4 Å². The van der Waals surface area contributed by atoms with Gasteiger partial charge in [-0.2, -0.15) is 0 Å². The molecule has 0 unspecified atom stereocenters. The molecular weight excluding hydrogens is 470 g/mol. The number of carbonyl (C=O) groups is 4. The first kappa shape index (κ1) is 22.3. The Labute approximate surface area is 186 Å². The number of carbonyl (C=O) groups excluding carboxylic acids is 4. The summed E-state index contributed by atoms with van der Waals surface area (Å²) in [6, 6.07) is 12.2. The van der Waals surface area contributed by atoms with Crippen LogP contribution >= 0.6 is 15.9 Å². The minimum atomic E-state index is -0.723. The Morgan fingerprint density at radius 3 is 2.65 bits per heavy atom. The van der Waals surface area contributed by atoms with Gasteiger partial charge in [0.15, 0.2) is 13.2 Å². The Hall–Kier alpha value is -3.40. The Kier molecular flexibility index (Phi) is 7.60. The predicted octanol–water partition coefficient (Wildman–Crippen LogP) is 2.01. The second-order valence-corrected chi connectivity index (χ2v) is 7.48. The van der Waals surface area contributed by atoms with E-state index in [1.54, 1.807) is 36.4 Å². The van der Waals surface area contributed by atoms with Gasteiger partial charge in [0.25, 0.3) is 5.91 Å². The number of rotatable bonds is 8. The number of aryl methyl sites for hydroxylation is 1. The van der Waals surface area contributed by atoms with E-state index in [2.05, 4.69) is 31.9 Å². The van der Waals surface area contributed by atoms with Crippen LogP contribution in [0.1, 0.15) is 12.0 Å². The maximum atomic E-state index is 11.9. The molecule has 0 aliphatic carbocycles. The van der Waals surface area contributed by atoms with Crippen LogP contribution in [0.5, 0.6) is 5.75 Å². The van der Waals surface area contributed by atoms with Crippen LogP contribution < -0.4 is 20.7 Å². The van der Waals surface area contributed by atoms with E-state index in [1.807, 2.05) is 6.07 Å². The Morgan fingerprint density at radius 1 is 1.03 bits per heavy atom. The standard InChI is InChI=1S/C21H20BrN3O6/c22-15-3-1-2-4-17(15)25-19(27)10-23-20(28)11-31-21(29)12-30-14-6-7-16-13(9-14)5-8-18(26)24-16/h1-4,6-7,9H,5,8,10-12H2,(H,23,28)(H,24,26)(H,25,27). The first-order chi connectivity index (χ1) is 14.9. The number of hydrogen-bond acceptors (Lipinski definition) is 6. The number of halogens is 1. The molecule has 0 spiro atoms. The summed E-state index contributed by atoms with van der Waals surface area (Å²) < 4.78 is 10.9. The molecule has 9 nitrogen and oxygen atoms in total. The molecule has 0 atom stereocenters. The van der Waals surface area contributed by atoms with Crippen LogP contribution in [-0.2, 0) is 30.3 Å². The van der Waals surface area contributed by atoms with Crippen molar-refractivity contribution in [1.82, 2.24) is 5.32 Å². The van der Waals surface area contributed by atoms with Gasteiger partial charge in [-0.05, 0) is 58.2 Å². The lowest BCUT2D eigenvalue weighted by molar-refractivity contribution is -0.150. The van der Waals surface area contributed by atoms with Crippen molar-refractivity contribution in [2.24, 2.45) is 0 Å². The number of fused-ring (bicyclic) bond motifs is 1. The molecule has 10 heteroatoms. The smallest absolute Gasteiger partial charge is 0.344 e. The van der Waals surface area contributed by atoms with Crippen molar-refractivity contribution in [2.75, 3.05) is 30.4 Å². The molecule has 0 bridgehead atoms. The lowest BCUT2D eigenvalue weighted by atomic mass is 10.0. The Bertz CT molecular complexity index is 1010. The van der Waals surface area contributed by atoms with Crippen LogP contribution in [0, 0.1) is 0 Å². The fourth-order valence-corrected chi connectivity index (χ4v) is 3.15. The second kappa shape index (κ2) is 10.6. The number of para-hydroxylation sites is 1. The highest BCUT2D eigenvalue weighted by atomic mass is 79.9. The van der Waals surface area contributed by atoms with Crippen LogP contribution in [0.2, 0.25) is 0 Å². The van der Waals surface area contributed by atoms with Gasteiger partial charge >= 0.3 is 5.97 Å². The van der Waals surface area contributed by atoms with Gasteiger partial charge in [-0.25, -0.2) is 4.79 Å². The molecule has 0 fully saturated rings. The van der Waals surface area contributed by atoms with Gasteiger partial charge in [0.1, 0.15) is 5.75 Å². The third kappa shape index (κ3) is 6.82. The maximum absolute atomic E-state index is 11.9. The Balaban J connectivity index is 1.35. The molecule has 2 aromatic rings. The van der Waals surface area contributed by atoms with E-state index in [9.17, 15) is 19.2 Å². The van der Waals surface area contributed by atoms with Crippen LogP contribution in [0.25, 0.3) is 0 Å². The van der Waals surface area contributed by atoms with Crippen molar-refractivity contribution in [3.05, 3.63) is 52.5 Å². The van der Waals surface area contributed by atoms with Gasteiger partial charge in [0.2, 0.25) is 11.8 Å². The van der Waals surface area contributed by atoms with E-state index in [-0.39, 0.29) is 19.1 Å². The molecule has 1 aliphatic heterocycles. The minimum absolute atomic E-state index is 0.0339. The van der Waals surface area contributed by atoms with Gasteiger partial charge in [0, 0.05) is 16.6 Å². The summed E-state index contributed by atoms with van der Waals surface area (Å²) >= 11 is 3.31. The molecule has 0 saturated carbocycles. The molecule has 1 aliphatic rings. The van der Waals surface area contributed by atoms with E-state index >= 15 is 0 Å². The summed E-state index contributed by atoms with van der Waals surface area (Å²) in [5, 5.41) is 7.77. The summed E-state index contributed by atoms with van der Waals surface area (Å²) in [5.74, 6) is -1.33. The molecule has 0 aromatic heterocycles. The summed E-state index contributed by atoms with van der Waals surface area (Å²) in [7, 11) is 0. The molecule has 3 N–H and O–H groups in total. The van der Waals surface area contributed by atoms with Crippen LogP contribution in [0.4, 0.5) is 11.4 Å². The molecular formula is C21H20BrN3O6. The quantitative estimate of drug-likeness (QED) is 0.487. The van der Waals surface area contributed by atoms with Crippen molar-refractivity contribution in [3.8, 4) is 5.75 Å². The summed E-state index contributed by atoms with van der Waals surface area (Å²) in [6.45, 7) is -1.17. The highest BCUT2D eigenvalue weighted by Gasteiger charge is 2.16. The van der Waals surface area contributed by atoms with E-state index < -0.39 is 24.4 Å². The van der Waals surface area contributed by atoms with E-state index in [1.165, 1.54) is 0 Å². The molecule has 31 heavy (non-hydrogen) atoms. The van der Waals surface area contributed by atoms with Crippen LogP contribution in [0.15, 0.2) is 46.9 Å². The summed E-state index contributed by atoms with van der Waals surface area (Å²) in [4.78, 5) is 46.8. The molecule has 3 rings (SSSR count). The first-order valence-corrected chi connectivity index (χ1v) is 10.2. The second-order valence-electron chi connectivity index (χ2n) is 6.62. The van der Waals surface area contributed by atoms with E-state index in [0.29, 0.717) is 28.8 Å². The average Bonchev–Trinajstić information content (AvgIpc) is 2.76.